The van der Waals surface area contributed by atoms with Gasteiger partial charge in [0.15, 0.2) is 5.82 Å². The molecule has 3 rings (SSSR count). The standard InChI is InChI=1S/C18H22N4O3S/c1-24-15-6-4-3-5-14(15)21-9-11-22(12-10-21)17-18(20-8-7-19-17)26-13-16(23)25-2/h3-8H,9-13H2,1-2H3. The highest BCUT2D eigenvalue weighted by Gasteiger charge is 2.23. The van der Waals surface area contributed by atoms with Crippen molar-refractivity contribution in [3.8, 4) is 5.75 Å². The van der Waals surface area contributed by atoms with Gasteiger partial charge in [-0.2, -0.15) is 0 Å². The summed E-state index contributed by atoms with van der Waals surface area (Å²) in [6.45, 7) is 3.36. The predicted molar refractivity (Wildman–Crippen MR) is 102 cm³/mol. The summed E-state index contributed by atoms with van der Waals surface area (Å²) >= 11 is 1.35. The second-order valence-electron chi connectivity index (χ2n) is 5.70. The molecule has 0 bridgehead atoms. The van der Waals surface area contributed by atoms with Crippen LogP contribution < -0.4 is 14.5 Å². The molecule has 0 amide bonds. The third kappa shape index (κ3) is 4.19. The van der Waals surface area contributed by atoms with Crippen molar-refractivity contribution < 1.29 is 14.3 Å². The number of piperazine rings is 1. The van der Waals surface area contributed by atoms with E-state index in [0.717, 1.165) is 48.5 Å². The topological polar surface area (TPSA) is 67.8 Å². The lowest BCUT2D eigenvalue weighted by atomic mass is 10.2. The fourth-order valence-corrected chi connectivity index (χ4v) is 3.69. The lowest BCUT2D eigenvalue weighted by molar-refractivity contribution is -0.137. The summed E-state index contributed by atoms with van der Waals surface area (Å²) in [6.07, 6.45) is 3.33. The molecule has 7 nitrogen and oxygen atoms in total. The number of benzene rings is 1. The number of aromatic nitrogens is 2. The van der Waals surface area contributed by atoms with E-state index in [-0.39, 0.29) is 11.7 Å². The van der Waals surface area contributed by atoms with Crippen molar-refractivity contribution >= 4 is 29.2 Å². The minimum atomic E-state index is -0.271. The third-order valence-corrected chi connectivity index (χ3v) is 5.15. The largest absolute Gasteiger partial charge is 0.495 e. The number of esters is 1. The second kappa shape index (κ2) is 8.75. The summed E-state index contributed by atoms with van der Waals surface area (Å²) in [4.78, 5) is 24.8. The first kappa shape index (κ1) is 18.3. The number of carbonyl (C=O) groups is 1. The maximum atomic E-state index is 11.4. The van der Waals surface area contributed by atoms with E-state index in [1.807, 2.05) is 18.2 Å². The van der Waals surface area contributed by atoms with Crippen molar-refractivity contribution in [2.24, 2.45) is 0 Å². The van der Waals surface area contributed by atoms with E-state index in [9.17, 15) is 4.79 Å². The first-order valence-electron chi connectivity index (χ1n) is 8.36. The number of hydrogen-bond donors (Lipinski definition) is 0. The maximum Gasteiger partial charge on any atom is 0.316 e. The van der Waals surface area contributed by atoms with E-state index >= 15 is 0 Å². The van der Waals surface area contributed by atoms with Gasteiger partial charge in [0.2, 0.25) is 0 Å². The molecule has 0 atom stereocenters. The molecule has 0 aliphatic carbocycles. The number of rotatable bonds is 6. The molecule has 0 saturated carbocycles. The van der Waals surface area contributed by atoms with Crippen LogP contribution in [0.2, 0.25) is 0 Å². The summed E-state index contributed by atoms with van der Waals surface area (Å²) in [5, 5.41) is 0.753. The highest BCUT2D eigenvalue weighted by atomic mass is 32.2. The molecule has 8 heteroatoms. The molecule has 2 aromatic rings. The molecule has 1 saturated heterocycles. The van der Waals surface area contributed by atoms with E-state index in [1.54, 1.807) is 19.5 Å². The minimum absolute atomic E-state index is 0.226. The Kier molecular flexibility index (Phi) is 6.17. The smallest absolute Gasteiger partial charge is 0.316 e. The van der Waals surface area contributed by atoms with Crippen molar-refractivity contribution in [3.63, 3.8) is 0 Å². The van der Waals surface area contributed by atoms with Crippen LogP contribution in [-0.2, 0) is 9.53 Å². The van der Waals surface area contributed by atoms with Crippen molar-refractivity contribution in [1.82, 2.24) is 9.97 Å². The van der Waals surface area contributed by atoms with Gasteiger partial charge in [-0.05, 0) is 12.1 Å². The number of carbonyl (C=O) groups excluding carboxylic acids is 1. The molecule has 26 heavy (non-hydrogen) atoms. The number of anilines is 2. The van der Waals surface area contributed by atoms with Gasteiger partial charge in [0, 0.05) is 38.6 Å². The average Bonchev–Trinajstić information content (AvgIpc) is 2.72. The average molecular weight is 374 g/mol. The summed E-state index contributed by atoms with van der Waals surface area (Å²) < 4.78 is 10.2. The van der Waals surface area contributed by atoms with Crippen LogP contribution in [0.25, 0.3) is 0 Å². The molecule has 1 fully saturated rings. The van der Waals surface area contributed by atoms with Crippen molar-refractivity contribution in [2.45, 2.75) is 5.03 Å². The van der Waals surface area contributed by atoms with Gasteiger partial charge < -0.3 is 19.3 Å². The van der Waals surface area contributed by atoms with E-state index in [2.05, 4.69) is 25.8 Å². The van der Waals surface area contributed by atoms with Crippen LogP contribution in [-0.4, -0.2) is 62.1 Å². The molecule has 2 heterocycles. The summed E-state index contributed by atoms with van der Waals surface area (Å²) in [7, 11) is 3.08. The fourth-order valence-electron chi connectivity index (χ4n) is 2.87. The first-order chi connectivity index (χ1) is 12.7. The molecule has 1 aromatic carbocycles. The summed E-state index contributed by atoms with van der Waals surface area (Å²) in [5.41, 5.74) is 1.11. The molecule has 1 aromatic heterocycles. The van der Waals surface area contributed by atoms with Gasteiger partial charge in [-0.25, -0.2) is 9.97 Å². The monoisotopic (exact) mass is 374 g/mol. The molecule has 1 aliphatic rings. The zero-order valence-corrected chi connectivity index (χ0v) is 15.7. The van der Waals surface area contributed by atoms with Crippen molar-refractivity contribution in [3.05, 3.63) is 36.7 Å². The van der Waals surface area contributed by atoms with Crippen LogP contribution in [0.5, 0.6) is 5.75 Å². The number of nitrogens with zero attached hydrogens (tertiary/aromatic N) is 4. The Morgan fingerprint density at radius 1 is 1.08 bits per heavy atom. The molecule has 1 aliphatic heterocycles. The van der Waals surface area contributed by atoms with Crippen molar-refractivity contribution in [1.29, 1.82) is 0 Å². The van der Waals surface area contributed by atoms with Crippen LogP contribution in [0.3, 0.4) is 0 Å². The van der Waals surface area contributed by atoms with Crippen LogP contribution in [0.1, 0.15) is 0 Å². The van der Waals surface area contributed by atoms with Crippen LogP contribution in [0.15, 0.2) is 41.7 Å². The second-order valence-corrected chi connectivity index (χ2v) is 6.66. The maximum absolute atomic E-state index is 11.4. The highest BCUT2D eigenvalue weighted by Crippen LogP contribution is 2.31. The zero-order valence-electron chi connectivity index (χ0n) is 14.9. The summed E-state index contributed by atoms with van der Waals surface area (Å²) in [5.74, 6) is 1.66. The molecule has 138 valence electrons. The molecule has 0 spiro atoms. The minimum Gasteiger partial charge on any atom is -0.495 e. The molecular weight excluding hydrogens is 352 g/mol. The van der Waals surface area contributed by atoms with Gasteiger partial charge in [-0.3, -0.25) is 4.79 Å². The zero-order chi connectivity index (χ0) is 18.4. The van der Waals surface area contributed by atoms with Crippen LogP contribution in [0, 0.1) is 0 Å². The molecule has 0 radical (unpaired) electrons. The Labute approximate surface area is 157 Å². The first-order valence-corrected chi connectivity index (χ1v) is 9.35. The van der Waals surface area contributed by atoms with E-state index < -0.39 is 0 Å². The van der Waals surface area contributed by atoms with Crippen molar-refractivity contribution in [2.75, 3.05) is 56.0 Å². The van der Waals surface area contributed by atoms with Gasteiger partial charge in [0.1, 0.15) is 10.8 Å². The van der Waals surface area contributed by atoms with E-state index in [4.69, 9.17) is 9.47 Å². The highest BCUT2D eigenvalue weighted by molar-refractivity contribution is 8.00. The number of ether oxygens (including phenoxy) is 2. The normalized spacial score (nSPS) is 14.2. The van der Waals surface area contributed by atoms with Gasteiger partial charge in [0.25, 0.3) is 0 Å². The van der Waals surface area contributed by atoms with Gasteiger partial charge >= 0.3 is 5.97 Å². The Morgan fingerprint density at radius 3 is 2.50 bits per heavy atom. The SMILES string of the molecule is COC(=O)CSc1nccnc1N1CCN(c2ccccc2OC)CC1. The fraction of sp³-hybridized carbons (Fsp3) is 0.389. The number of thioether (sulfide) groups is 1. The van der Waals surface area contributed by atoms with Gasteiger partial charge in [-0.1, -0.05) is 23.9 Å². The lowest BCUT2D eigenvalue weighted by Gasteiger charge is -2.37. The van der Waals surface area contributed by atoms with Gasteiger partial charge in [-0.15, -0.1) is 0 Å². The van der Waals surface area contributed by atoms with E-state index in [1.165, 1.54) is 18.9 Å². The number of methoxy groups -OCH3 is 2. The molecule has 0 N–H and O–H groups in total. The summed E-state index contributed by atoms with van der Waals surface area (Å²) in [6, 6.07) is 8.05. The van der Waals surface area contributed by atoms with Crippen LogP contribution >= 0.6 is 11.8 Å². The Bertz CT molecular complexity index is 751. The van der Waals surface area contributed by atoms with Gasteiger partial charge in [0.05, 0.1) is 25.7 Å². The quantitative estimate of drug-likeness (QED) is 0.562. The predicted octanol–water partition coefficient (Wildman–Crippen LogP) is 2.08. The Morgan fingerprint density at radius 2 is 1.77 bits per heavy atom. The van der Waals surface area contributed by atoms with E-state index in [0.29, 0.717) is 0 Å². The lowest BCUT2D eigenvalue weighted by Crippen LogP contribution is -2.47. The number of hydrogen-bond acceptors (Lipinski definition) is 8. The molecular formula is C18H22N4O3S. The Balaban J connectivity index is 1.67. The number of para-hydroxylation sites is 2. The Hall–Kier alpha value is -2.48. The third-order valence-electron chi connectivity index (χ3n) is 4.21. The van der Waals surface area contributed by atoms with Crippen LogP contribution in [0.4, 0.5) is 11.5 Å². The molecule has 0 unspecified atom stereocenters.